The van der Waals surface area contributed by atoms with Gasteiger partial charge in [-0.1, -0.05) is 41.4 Å². The normalized spacial score (nSPS) is 16.0. The second-order valence-corrected chi connectivity index (χ2v) is 13.7. The number of piperidine rings is 1. The maximum atomic E-state index is 13.4. The Morgan fingerprint density at radius 1 is 0.962 bits per heavy atom. The second-order valence-electron chi connectivity index (χ2n) is 13.0. The van der Waals surface area contributed by atoms with E-state index in [-0.39, 0.29) is 28.6 Å². The molecule has 4 N–H and O–H groups in total. The molecule has 5 heterocycles. The van der Waals surface area contributed by atoms with Gasteiger partial charge in [0.2, 0.25) is 17.7 Å². The zero-order valence-corrected chi connectivity index (χ0v) is 31.3. The molecule has 278 valence electrons. The van der Waals surface area contributed by atoms with Crippen molar-refractivity contribution in [1.82, 2.24) is 35.8 Å². The SMILES string of the molecule is COc1cc(C(=O)Nc2cccc(-c3nccc(-c4ccc(CNC5CCN(C(C)=O)CC5)c(OC)n4)c3Cl)c2Cl)ncc1CNCC1CCC(=O)N1. The van der Waals surface area contributed by atoms with Crippen LogP contribution >= 0.6 is 23.2 Å². The molecule has 53 heavy (non-hydrogen) atoms. The number of pyridine rings is 3. The molecule has 6 rings (SSSR count). The lowest BCUT2D eigenvalue weighted by Crippen LogP contribution is -2.44. The number of ether oxygens (including phenoxy) is 2. The predicted octanol–water partition coefficient (Wildman–Crippen LogP) is 5.25. The lowest BCUT2D eigenvalue weighted by Gasteiger charge is -2.31. The number of aromatic nitrogens is 3. The Balaban J connectivity index is 1.14. The molecule has 0 bridgehead atoms. The van der Waals surface area contributed by atoms with E-state index in [2.05, 4.69) is 31.2 Å². The summed E-state index contributed by atoms with van der Waals surface area (Å²) in [6, 6.07) is 12.8. The van der Waals surface area contributed by atoms with Crippen LogP contribution in [0.15, 0.2) is 54.9 Å². The monoisotopic (exact) mass is 760 g/mol. The molecule has 0 saturated carbocycles. The fourth-order valence-electron chi connectivity index (χ4n) is 6.53. The summed E-state index contributed by atoms with van der Waals surface area (Å²) in [5.74, 6) is 0.675. The number of halogens is 2. The molecule has 3 aromatic heterocycles. The van der Waals surface area contributed by atoms with Crippen LogP contribution in [0, 0.1) is 0 Å². The van der Waals surface area contributed by atoms with Gasteiger partial charge in [0.1, 0.15) is 11.4 Å². The zero-order chi connectivity index (χ0) is 37.5. The number of benzene rings is 1. The van der Waals surface area contributed by atoms with Gasteiger partial charge >= 0.3 is 0 Å². The second kappa shape index (κ2) is 17.3. The number of hydrogen-bond acceptors (Lipinski definition) is 10. The van der Waals surface area contributed by atoms with Crippen LogP contribution in [0.5, 0.6) is 11.6 Å². The third kappa shape index (κ3) is 9.05. The number of nitrogens with zero attached hydrogens (tertiary/aromatic N) is 4. The van der Waals surface area contributed by atoms with E-state index in [0.29, 0.717) is 77.0 Å². The number of likely N-dealkylation sites (tertiary alicyclic amines) is 1. The van der Waals surface area contributed by atoms with Crippen molar-refractivity contribution in [3.05, 3.63) is 81.7 Å². The molecule has 0 aliphatic carbocycles. The molecule has 1 atom stereocenters. The van der Waals surface area contributed by atoms with Gasteiger partial charge in [0.05, 0.1) is 41.3 Å². The van der Waals surface area contributed by atoms with E-state index < -0.39 is 5.91 Å². The minimum absolute atomic E-state index is 0.0642. The van der Waals surface area contributed by atoms with Crippen LogP contribution < -0.4 is 30.7 Å². The van der Waals surface area contributed by atoms with Crippen molar-refractivity contribution in [3.8, 4) is 34.1 Å². The van der Waals surface area contributed by atoms with Crippen molar-refractivity contribution >= 4 is 46.6 Å². The largest absolute Gasteiger partial charge is 0.496 e. The fraction of sp³-hybridized carbons (Fsp3) is 0.368. The van der Waals surface area contributed by atoms with Gasteiger partial charge in [0, 0.05) is 98.9 Å². The topological polar surface area (TPSA) is 160 Å². The molecule has 1 unspecified atom stereocenters. The Hall–Kier alpha value is -4.82. The van der Waals surface area contributed by atoms with Crippen LogP contribution in [-0.4, -0.2) is 83.5 Å². The molecule has 4 aromatic rings. The number of amides is 3. The molecule has 15 heteroatoms. The highest BCUT2D eigenvalue weighted by Gasteiger charge is 2.23. The van der Waals surface area contributed by atoms with Crippen molar-refractivity contribution < 1.29 is 23.9 Å². The van der Waals surface area contributed by atoms with Crippen molar-refractivity contribution in [2.75, 3.05) is 39.2 Å². The number of methoxy groups -OCH3 is 2. The smallest absolute Gasteiger partial charge is 0.274 e. The van der Waals surface area contributed by atoms with Gasteiger partial charge in [0.15, 0.2) is 0 Å². The van der Waals surface area contributed by atoms with E-state index in [9.17, 15) is 14.4 Å². The first-order chi connectivity index (χ1) is 25.6. The van der Waals surface area contributed by atoms with E-state index in [1.165, 1.54) is 7.11 Å². The Bertz CT molecular complexity index is 1990. The summed E-state index contributed by atoms with van der Waals surface area (Å²) in [5, 5.41) is 13.3. The van der Waals surface area contributed by atoms with Gasteiger partial charge in [-0.25, -0.2) is 4.98 Å². The molecular formula is C38H42Cl2N8O5. The van der Waals surface area contributed by atoms with Crippen molar-refractivity contribution in [2.45, 2.75) is 57.8 Å². The summed E-state index contributed by atoms with van der Waals surface area (Å²) in [5.41, 5.74) is 4.34. The molecule has 2 fully saturated rings. The Morgan fingerprint density at radius 3 is 2.49 bits per heavy atom. The van der Waals surface area contributed by atoms with Gasteiger partial charge in [-0.15, -0.1) is 0 Å². The number of carbonyl (C=O) groups is 3. The Kier molecular flexibility index (Phi) is 12.4. The average Bonchev–Trinajstić information content (AvgIpc) is 3.59. The molecule has 2 aliphatic heterocycles. The maximum absolute atomic E-state index is 13.4. The van der Waals surface area contributed by atoms with Crippen LogP contribution in [-0.2, 0) is 22.7 Å². The minimum Gasteiger partial charge on any atom is -0.496 e. The van der Waals surface area contributed by atoms with E-state index in [1.54, 1.807) is 56.8 Å². The van der Waals surface area contributed by atoms with Gasteiger partial charge in [-0.2, -0.15) is 0 Å². The highest BCUT2D eigenvalue weighted by Crippen LogP contribution is 2.40. The molecule has 3 amide bonds. The Labute approximate surface area is 318 Å². The van der Waals surface area contributed by atoms with Crippen molar-refractivity contribution in [1.29, 1.82) is 0 Å². The van der Waals surface area contributed by atoms with E-state index in [1.807, 2.05) is 17.0 Å². The average molecular weight is 762 g/mol. The number of anilines is 1. The highest BCUT2D eigenvalue weighted by molar-refractivity contribution is 6.39. The molecular weight excluding hydrogens is 719 g/mol. The molecule has 13 nitrogen and oxygen atoms in total. The van der Waals surface area contributed by atoms with E-state index in [0.717, 1.165) is 43.5 Å². The molecule has 1 aromatic carbocycles. The van der Waals surface area contributed by atoms with E-state index in [4.69, 9.17) is 37.7 Å². The summed E-state index contributed by atoms with van der Waals surface area (Å²) in [6.45, 7) is 4.73. The summed E-state index contributed by atoms with van der Waals surface area (Å²) < 4.78 is 11.2. The van der Waals surface area contributed by atoms with E-state index >= 15 is 0 Å². The van der Waals surface area contributed by atoms with Crippen LogP contribution in [0.25, 0.3) is 22.5 Å². The third-order valence-corrected chi connectivity index (χ3v) is 10.3. The molecule has 2 aliphatic rings. The van der Waals surface area contributed by atoms with Crippen LogP contribution in [0.1, 0.15) is 54.2 Å². The van der Waals surface area contributed by atoms with Gasteiger partial charge < -0.3 is 35.6 Å². The van der Waals surface area contributed by atoms with Crippen molar-refractivity contribution in [2.24, 2.45) is 0 Å². The predicted molar refractivity (Wildman–Crippen MR) is 203 cm³/mol. The summed E-state index contributed by atoms with van der Waals surface area (Å²) in [6.07, 6.45) is 6.33. The molecule has 0 spiro atoms. The molecule has 0 radical (unpaired) electrons. The first kappa shape index (κ1) is 37.9. The maximum Gasteiger partial charge on any atom is 0.274 e. The Morgan fingerprint density at radius 2 is 1.77 bits per heavy atom. The third-order valence-electron chi connectivity index (χ3n) is 9.51. The summed E-state index contributed by atoms with van der Waals surface area (Å²) in [7, 11) is 3.11. The molecule has 2 saturated heterocycles. The number of hydrogen-bond donors (Lipinski definition) is 4. The lowest BCUT2D eigenvalue weighted by molar-refractivity contribution is -0.130. The zero-order valence-electron chi connectivity index (χ0n) is 29.8. The fourth-order valence-corrected chi connectivity index (χ4v) is 7.11. The van der Waals surface area contributed by atoms with Crippen molar-refractivity contribution in [3.63, 3.8) is 0 Å². The summed E-state index contributed by atoms with van der Waals surface area (Å²) >= 11 is 13.9. The van der Waals surface area contributed by atoms with Crippen LogP contribution in [0.2, 0.25) is 10.0 Å². The van der Waals surface area contributed by atoms with Gasteiger partial charge in [0.25, 0.3) is 5.91 Å². The first-order valence-electron chi connectivity index (χ1n) is 17.5. The standard InChI is InChI=1S/C38H42Cl2N8O5/c1-22(49)48-15-12-25(13-16-48)43-19-23-7-9-29(47-38(23)53-3)27-11-14-42-36(35(27)40)28-5-4-6-30(34(28)39)46-37(51)31-17-32(52-2)24(20-44-31)18-41-21-26-8-10-33(50)45-26/h4-7,9,11,14,17,20,25-26,41,43H,8,10,12-13,15-16,18-19,21H2,1-3H3,(H,45,50)(H,46,51). The highest BCUT2D eigenvalue weighted by atomic mass is 35.5. The van der Waals surface area contributed by atoms with Crippen LogP contribution in [0.4, 0.5) is 5.69 Å². The van der Waals surface area contributed by atoms with Crippen LogP contribution in [0.3, 0.4) is 0 Å². The number of rotatable bonds is 13. The van der Waals surface area contributed by atoms with Gasteiger partial charge in [-0.05, 0) is 37.5 Å². The minimum atomic E-state index is -0.476. The summed E-state index contributed by atoms with van der Waals surface area (Å²) in [4.78, 5) is 52.1. The number of carbonyl (C=O) groups excluding carboxylic acids is 3. The number of nitrogens with one attached hydrogen (secondary N) is 4. The van der Waals surface area contributed by atoms with Gasteiger partial charge in [-0.3, -0.25) is 24.4 Å². The lowest BCUT2D eigenvalue weighted by atomic mass is 10.0. The first-order valence-corrected chi connectivity index (χ1v) is 18.2. The quantitative estimate of drug-likeness (QED) is 0.142.